The lowest BCUT2D eigenvalue weighted by Crippen LogP contribution is -2.11. The van der Waals surface area contributed by atoms with Crippen LogP contribution in [0.25, 0.3) is 11.0 Å². The lowest BCUT2D eigenvalue weighted by molar-refractivity contribution is 0.627. The van der Waals surface area contributed by atoms with E-state index in [0.29, 0.717) is 0 Å². The molecule has 0 unspecified atom stereocenters. The molecule has 19 heavy (non-hydrogen) atoms. The Morgan fingerprint density at radius 3 is 2.74 bits per heavy atom. The lowest BCUT2D eigenvalue weighted by atomic mass is 10.3. The number of aromatic nitrogens is 3. The minimum atomic E-state index is 0.780. The normalized spacial score (nSPS) is 10.8. The average molecular weight is 317 g/mol. The summed E-state index contributed by atoms with van der Waals surface area (Å²) in [4.78, 5) is 0. The van der Waals surface area contributed by atoms with Crippen molar-refractivity contribution in [2.45, 2.75) is 6.54 Å². The van der Waals surface area contributed by atoms with Crippen LogP contribution in [0, 0.1) is 0 Å². The number of hydrogen-bond donors (Lipinski definition) is 1. The van der Waals surface area contributed by atoms with Gasteiger partial charge in [0, 0.05) is 16.7 Å². The van der Waals surface area contributed by atoms with Crippen molar-refractivity contribution in [2.24, 2.45) is 0 Å². The Bertz CT molecular complexity index is 692. The van der Waals surface area contributed by atoms with E-state index in [1.165, 1.54) is 0 Å². The summed E-state index contributed by atoms with van der Waals surface area (Å²) >= 11 is 3.52. The van der Waals surface area contributed by atoms with Gasteiger partial charge >= 0.3 is 0 Å². The molecule has 1 aromatic heterocycles. The van der Waals surface area contributed by atoms with Crippen molar-refractivity contribution in [3.8, 4) is 0 Å². The molecular weight excluding hydrogens is 304 g/mol. The summed E-state index contributed by atoms with van der Waals surface area (Å²) < 4.78 is 2.98. The number of benzene rings is 2. The number of halogens is 1. The van der Waals surface area contributed by atoms with Gasteiger partial charge in [-0.3, -0.25) is 0 Å². The van der Waals surface area contributed by atoms with Gasteiger partial charge in [0.25, 0.3) is 0 Å². The van der Waals surface area contributed by atoms with Crippen LogP contribution < -0.4 is 5.32 Å². The van der Waals surface area contributed by atoms with Crippen LogP contribution in [-0.2, 0) is 6.54 Å². The molecule has 0 atom stereocenters. The zero-order valence-electron chi connectivity index (χ0n) is 10.3. The van der Waals surface area contributed by atoms with Crippen molar-refractivity contribution in [1.82, 2.24) is 15.0 Å². The number of rotatable bonds is 4. The van der Waals surface area contributed by atoms with E-state index >= 15 is 0 Å². The molecule has 4 nitrogen and oxygen atoms in total. The Balaban J connectivity index is 1.68. The third kappa shape index (κ3) is 2.61. The molecule has 0 saturated carbocycles. The Morgan fingerprint density at radius 1 is 1.05 bits per heavy atom. The van der Waals surface area contributed by atoms with E-state index < -0.39 is 0 Å². The molecule has 0 aliphatic rings. The molecule has 0 aliphatic heterocycles. The van der Waals surface area contributed by atoms with Crippen LogP contribution in [0.3, 0.4) is 0 Å². The molecule has 5 heteroatoms. The molecule has 1 heterocycles. The van der Waals surface area contributed by atoms with E-state index in [-0.39, 0.29) is 0 Å². The predicted octanol–water partition coefficient (Wildman–Crippen LogP) is 3.31. The Hall–Kier alpha value is -1.88. The number of fused-ring (bicyclic) bond motifs is 1. The van der Waals surface area contributed by atoms with Crippen molar-refractivity contribution >= 4 is 32.7 Å². The van der Waals surface area contributed by atoms with Crippen molar-refractivity contribution in [3.05, 3.63) is 53.0 Å². The van der Waals surface area contributed by atoms with Gasteiger partial charge in [0.1, 0.15) is 5.52 Å². The van der Waals surface area contributed by atoms with Crippen molar-refractivity contribution < 1.29 is 0 Å². The van der Waals surface area contributed by atoms with Crippen LogP contribution in [0.15, 0.2) is 53.0 Å². The van der Waals surface area contributed by atoms with Gasteiger partial charge < -0.3 is 5.32 Å². The van der Waals surface area contributed by atoms with Crippen LogP contribution >= 0.6 is 15.9 Å². The third-order valence-electron chi connectivity index (χ3n) is 2.93. The van der Waals surface area contributed by atoms with Gasteiger partial charge in [-0.15, -0.1) is 5.10 Å². The summed E-state index contributed by atoms with van der Waals surface area (Å²) in [7, 11) is 0. The molecule has 2 aromatic carbocycles. The van der Waals surface area contributed by atoms with E-state index in [0.717, 1.165) is 34.3 Å². The van der Waals surface area contributed by atoms with E-state index in [9.17, 15) is 0 Å². The highest BCUT2D eigenvalue weighted by molar-refractivity contribution is 9.10. The van der Waals surface area contributed by atoms with Crippen molar-refractivity contribution in [1.29, 1.82) is 0 Å². The molecule has 0 saturated heterocycles. The molecule has 0 amide bonds. The topological polar surface area (TPSA) is 42.7 Å². The summed E-state index contributed by atoms with van der Waals surface area (Å²) in [5.74, 6) is 0. The van der Waals surface area contributed by atoms with Crippen LogP contribution in [-0.4, -0.2) is 21.5 Å². The third-order valence-corrected chi connectivity index (χ3v) is 3.62. The largest absolute Gasteiger partial charge is 0.382 e. The monoisotopic (exact) mass is 316 g/mol. The number of para-hydroxylation sites is 2. The molecule has 0 spiro atoms. The van der Waals surface area contributed by atoms with Crippen molar-refractivity contribution in [3.63, 3.8) is 0 Å². The maximum atomic E-state index is 4.16. The number of nitrogens with zero attached hydrogens (tertiary/aromatic N) is 3. The first-order valence-corrected chi connectivity index (χ1v) is 6.90. The summed E-state index contributed by atoms with van der Waals surface area (Å²) in [6.45, 7) is 1.58. The molecule has 0 aliphatic carbocycles. The van der Waals surface area contributed by atoms with Gasteiger partial charge in [-0.25, -0.2) is 4.68 Å². The van der Waals surface area contributed by atoms with Crippen LogP contribution in [0.1, 0.15) is 0 Å². The number of hydrogen-bond acceptors (Lipinski definition) is 3. The summed E-state index contributed by atoms with van der Waals surface area (Å²) in [6, 6.07) is 16.1. The summed E-state index contributed by atoms with van der Waals surface area (Å²) in [5.41, 5.74) is 3.09. The minimum absolute atomic E-state index is 0.780. The SMILES string of the molecule is Brc1ccccc1NCCn1nnc2ccccc21. The molecule has 3 aromatic rings. The van der Waals surface area contributed by atoms with Gasteiger partial charge in [-0.05, 0) is 40.2 Å². The fourth-order valence-electron chi connectivity index (χ4n) is 1.98. The van der Waals surface area contributed by atoms with Gasteiger partial charge in [-0.2, -0.15) is 0 Å². The first kappa shape index (κ1) is 12.2. The molecule has 96 valence electrons. The molecular formula is C14H13BrN4. The van der Waals surface area contributed by atoms with Crippen LogP contribution in [0.5, 0.6) is 0 Å². The fraction of sp³-hybridized carbons (Fsp3) is 0.143. The second-order valence-electron chi connectivity index (χ2n) is 4.21. The van der Waals surface area contributed by atoms with E-state index in [4.69, 9.17) is 0 Å². The molecule has 3 rings (SSSR count). The van der Waals surface area contributed by atoms with Gasteiger partial charge in [0.05, 0.1) is 12.1 Å². The maximum Gasteiger partial charge on any atom is 0.113 e. The average Bonchev–Trinajstić information content (AvgIpc) is 2.85. The first-order chi connectivity index (χ1) is 9.34. The second kappa shape index (κ2) is 5.40. The molecule has 0 radical (unpaired) electrons. The van der Waals surface area contributed by atoms with Crippen LogP contribution in [0.4, 0.5) is 5.69 Å². The quantitative estimate of drug-likeness (QED) is 0.803. The second-order valence-corrected chi connectivity index (χ2v) is 5.06. The highest BCUT2D eigenvalue weighted by Gasteiger charge is 2.03. The maximum absolute atomic E-state index is 4.16. The van der Waals surface area contributed by atoms with Crippen molar-refractivity contribution in [2.75, 3.05) is 11.9 Å². The fourth-order valence-corrected chi connectivity index (χ4v) is 2.41. The first-order valence-electron chi connectivity index (χ1n) is 6.11. The highest BCUT2D eigenvalue weighted by Crippen LogP contribution is 2.20. The molecule has 0 bridgehead atoms. The zero-order valence-corrected chi connectivity index (χ0v) is 11.8. The Kier molecular flexibility index (Phi) is 3.46. The highest BCUT2D eigenvalue weighted by atomic mass is 79.9. The van der Waals surface area contributed by atoms with E-state index in [1.54, 1.807) is 0 Å². The standard InChI is InChI=1S/C14H13BrN4/c15-11-5-1-2-6-12(11)16-9-10-19-14-8-4-3-7-13(14)17-18-19/h1-8,16H,9-10H2. The molecule has 0 fully saturated rings. The number of nitrogens with one attached hydrogen (secondary N) is 1. The zero-order chi connectivity index (χ0) is 13.1. The predicted molar refractivity (Wildman–Crippen MR) is 80.2 cm³/mol. The van der Waals surface area contributed by atoms with Gasteiger partial charge in [-0.1, -0.05) is 29.5 Å². The van der Waals surface area contributed by atoms with E-state index in [2.05, 4.69) is 31.6 Å². The molecule has 1 N–H and O–H groups in total. The van der Waals surface area contributed by atoms with E-state index in [1.807, 2.05) is 53.2 Å². The number of anilines is 1. The Labute approximate surface area is 119 Å². The summed E-state index contributed by atoms with van der Waals surface area (Å²) in [6.07, 6.45) is 0. The van der Waals surface area contributed by atoms with Gasteiger partial charge in [0.2, 0.25) is 0 Å². The smallest absolute Gasteiger partial charge is 0.113 e. The summed E-state index contributed by atoms with van der Waals surface area (Å²) in [5, 5.41) is 11.7. The minimum Gasteiger partial charge on any atom is -0.382 e. The van der Waals surface area contributed by atoms with Gasteiger partial charge in [0.15, 0.2) is 0 Å². The lowest BCUT2D eigenvalue weighted by Gasteiger charge is -2.08. The Morgan fingerprint density at radius 2 is 1.84 bits per heavy atom. The van der Waals surface area contributed by atoms with Crippen LogP contribution in [0.2, 0.25) is 0 Å².